The Hall–Kier alpha value is -4.64. The van der Waals surface area contributed by atoms with Crippen LogP contribution in [-0.2, 0) is 20.8 Å². The predicted octanol–water partition coefficient (Wildman–Crippen LogP) is 1.29. The largest absolute Gasteiger partial charge is 0.508 e. The summed E-state index contributed by atoms with van der Waals surface area (Å²) in [5.74, 6) is -7.00. The number of nitrogens with zero attached hydrogens (tertiary/aromatic N) is 1. The molecule has 0 aromatic heterocycles. The standard InChI is InChI=1S/C29H29N3O8/c1-32(2)17-8-9-18(33)20-16(17)12-28(13-31-27(39)14-6-4-3-5-7-14)11-15-10-19(34)21(26(30)38)24(36)29(15,40)25(37)22(28)23(20)35/h3-9,15,33,35-36,40H,10-13H2,1-2H3,(H2,30,38)(H,31,39)/t15-,28-,29-/m1/s1. The summed E-state index contributed by atoms with van der Waals surface area (Å²) in [4.78, 5) is 53.7. The Morgan fingerprint density at radius 1 is 1.07 bits per heavy atom. The fourth-order valence-electron chi connectivity index (χ4n) is 6.39. The van der Waals surface area contributed by atoms with Gasteiger partial charge in [0.15, 0.2) is 11.4 Å². The minimum atomic E-state index is -2.72. The smallest absolute Gasteiger partial charge is 0.255 e. The number of Topliss-reactive ketones (excluding diaryl/α,β-unsaturated/α-hetero) is 2. The maximum atomic E-state index is 14.1. The third-order valence-corrected chi connectivity index (χ3v) is 8.25. The molecule has 1 saturated carbocycles. The lowest BCUT2D eigenvalue weighted by atomic mass is 9.52. The molecule has 0 radical (unpaired) electrons. The molecular formula is C29H29N3O8. The number of hydrogen-bond acceptors (Lipinski definition) is 9. The summed E-state index contributed by atoms with van der Waals surface area (Å²) in [6.45, 7) is -0.179. The van der Waals surface area contributed by atoms with Crippen molar-refractivity contribution in [3.8, 4) is 5.75 Å². The summed E-state index contributed by atoms with van der Waals surface area (Å²) in [5, 5.41) is 47.7. The Labute approximate surface area is 229 Å². The first kappa shape index (κ1) is 26.9. The Morgan fingerprint density at radius 2 is 1.75 bits per heavy atom. The number of carbonyl (C=O) groups is 4. The van der Waals surface area contributed by atoms with Crippen LogP contribution in [0.3, 0.4) is 0 Å². The molecule has 7 N–H and O–H groups in total. The van der Waals surface area contributed by atoms with Crippen molar-refractivity contribution in [1.29, 1.82) is 0 Å². The van der Waals surface area contributed by atoms with Crippen molar-refractivity contribution in [3.63, 3.8) is 0 Å². The third-order valence-electron chi connectivity index (χ3n) is 8.25. The van der Waals surface area contributed by atoms with E-state index in [9.17, 15) is 39.6 Å². The molecule has 2 aromatic rings. The lowest BCUT2D eigenvalue weighted by molar-refractivity contribution is -0.150. The predicted molar refractivity (Wildman–Crippen MR) is 143 cm³/mol. The zero-order valence-electron chi connectivity index (χ0n) is 21.9. The normalized spacial score (nSPS) is 25.6. The van der Waals surface area contributed by atoms with Crippen LogP contribution in [0.25, 0.3) is 5.76 Å². The van der Waals surface area contributed by atoms with Gasteiger partial charge in [0, 0.05) is 55.2 Å². The second-order valence-electron chi connectivity index (χ2n) is 10.8. The summed E-state index contributed by atoms with van der Waals surface area (Å²) in [6, 6.07) is 11.4. The summed E-state index contributed by atoms with van der Waals surface area (Å²) >= 11 is 0. The number of amides is 2. The first-order valence-electron chi connectivity index (χ1n) is 12.7. The van der Waals surface area contributed by atoms with E-state index in [2.05, 4.69) is 5.32 Å². The first-order chi connectivity index (χ1) is 18.8. The van der Waals surface area contributed by atoms with Crippen LogP contribution < -0.4 is 16.0 Å². The van der Waals surface area contributed by atoms with Crippen molar-refractivity contribution in [1.82, 2.24) is 5.32 Å². The fourth-order valence-corrected chi connectivity index (χ4v) is 6.39. The van der Waals surface area contributed by atoms with Gasteiger partial charge in [-0.15, -0.1) is 0 Å². The number of phenols is 1. The van der Waals surface area contributed by atoms with Gasteiger partial charge in [0.25, 0.3) is 11.8 Å². The van der Waals surface area contributed by atoms with Crippen LogP contribution in [-0.4, -0.2) is 70.0 Å². The number of nitrogens with one attached hydrogen (secondary N) is 1. The van der Waals surface area contributed by atoms with Crippen LogP contribution in [0.4, 0.5) is 5.69 Å². The number of primary amides is 1. The van der Waals surface area contributed by atoms with Gasteiger partial charge < -0.3 is 36.4 Å². The zero-order valence-corrected chi connectivity index (χ0v) is 21.9. The first-order valence-corrected chi connectivity index (χ1v) is 12.7. The molecule has 0 bridgehead atoms. The number of aliphatic hydroxyl groups is 3. The highest BCUT2D eigenvalue weighted by molar-refractivity contribution is 6.23. The van der Waals surface area contributed by atoms with Gasteiger partial charge in [0.2, 0.25) is 5.78 Å². The Morgan fingerprint density at radius 3 is 2.38 bits per heavy atom. The van der Waals surface area contributed by atoms with Crippen molar-refractivity contribution >= 4 is 34.8 Å². The Bertz CT molecular complexity index is 1540. The quantitative estimate of drug-likeness (QED) is 0.300. The number of nitrogens with two attached hydrogens (primary N) is 1. The average molecular weight is 548 g/mol. The van der Waals surface area contributed by atoms with E-state index in [4.69, 9.17) is 5.73 Å². The van der Waals surface area contributed by atoms with Crippen LogP contribution in [0.5, 0.6) is 5.75 Å². The van der Waals surface area contributed by atoms with Crippen LogP contribution >= 0.6 is 0 Å². The van der Waals surface area contributed by atoms with Gasteiger partial charge in [0.05, 0.1) is 5.56 Å². The van der Waals surface area contributed by atoms with Gasteiger partial charge >= 0.3 is 0 Å². The molecule has 11 heteroatoms. The number of carbonyl (C=O) groups excluding carboxylic acids is 4. The number of benzene rings is 2. The van der Waals surface area contributed by atoms with E-state index in [0.717, 1.165) is 0 Å². The molecule has 11 nitrogen and oxygen atoms in total. The molecular weight excluding hydrogens is 518 g/mol. The van der Waals surface area contributed by atoms with Crippen LogP contribution in [0, 0.1) is 11.3 Å². The van der Waals surface area contributed by atoms with Crippen molar-refractivity contribution < 1.29 is 39.6 Å². The van der Waals surface area contributed by atoms with Gasteiger partial charge in [-0.05, 0) is 42.7 Å². The molecule has 0 spiro atoms. The van der Waals surface area contributed by atoms with E-state index in [1.807, 2.05) is 0 Å². The number of aliphatic hydroxyl groups excluding tert-OH is 2. The second kappa shape index (κ2) is 9.23. The molecule has 0 unspecified atom stereocenters. The van der Waals surface area contributed by atoms with Gasteiger partial charge in [-0.3, -0.25) is 19.2 Å². The molecule has 3 aliphatic carbocycles. The third kappa shape index (κ3) is 3.76. The molecule has 0 heterocycles. The van der Waals surface area contributed by atoms with E-state index in [-0.39, 0.29) is 36.3 Å². The molecule has 2 aromatic carbocycles. The minimum Gasteiger partial charge on any atom is -0.508 e. The maximum Gasteiger partial charge on any atom is 0.255 e. The number of anilines is 1. The van der Waals surface area contributed by atoms with Crippen molar-refractivity contribution in [2.75, 3.05) is 25.5 Å². The van der Waals surface area contributed by atoms with Crippen molar-refractivity contribution in [3.05, 3.63) is 76.1 Å². The number of ketones is 2. The van der Waals surface area contributed by atoms with E-state index >= 15 is 0 Å². The number of fused-ring (bicyclic) bond motifs is 3. The van der Waals surface area contributed by atoms with Gasteiger partial charge in [-0.2, -0.15) is 0 Å². The summed E-state index contributed by atoms with van der Waals surface area (Å²) < 4.78 is 0. The molecule has 3 aliphatic rings. The second-order valence-corrected chi connectivity index (χ2v) is 10.8. The molecule has 1 fully saturated rings. The van der Waals surface area contributed by atoms with Gasteiger partial charge in [0.1, 0.15) is 22.8 Å². The SMILES string of the molecule is CN(C)c1ccc(O)c2c1C[C@@]1(CNC(=O)c3ccccc3)C[C@H]3CC(=O)C(C(N)=O)=C(O)[C@@]3(O)C(=O)C1=C2O. The van der Waals surface area contributed by atoms with Crippen LogP contribution in [0.15, 0.2) is 59.4 Å². The molecule has 208 valence electrons. The summed E-state index contributed by atoms with van der Waals surface area (Å²) in [7, 11) is 3.54. The molecule has 0 aliphatic heterocycles. The number of rotatable bonds is 5. The molecule has 5 rings (SSSR count). The fraction of sp³-hybridized carbons (Fsp3) is 0.310. The monoisotopic (exact) mass is 547 g/mol. The molecule has 2 amide bonds. The zero-order chi connectivity index (χ0) is 29.1. The van der Waals surface area contributed by atoms with Crippen molar-refractivity contribution in [2.45, 2.75) is 24.9 Å². The van der Waals surface area contributed by atoms with E-state index in [1.165, 1.54) is 6.07 Å². The van der Waals surface area contributed by atoms with Gasteiger partial charge in [-0.25, -0.2) is 0 Å². The summed E-state index contributed by atoms with van der Waals surface area (Å²) in [6.07, 6.45) is -0.563. The van der Waals surface area contributed by atoms with Crippen LogP contribution in [0.1, 0.15) is 34.3 Å². The highest BCUT2D eigenvalue weighted by Gasteiger charge is 2.64. The lowest BCUT2D eigenvalue weighted by Crippen LogP contribution is -2.62. The average Bonchev–Trinajstić information content (AvgIpc) is 2.89. The maximum absolute atomic E-state index is 14.1. The minimum absolute atomic E-state index is 0.0212. The summed E-state index contributed by atoms with van der Waals surface area (Å²) in [5.41, 5.74) is 1.48. The number of aromatic hydroxyl groups is 1. The molecule has 0 saturated heterocycles. The van der Waals surface area contributed by atoms with Gasteiger partial charge in [-0.1, -0.05) is 18.2 Å². The topological polar surface area (TPSA) is 190 Å². The van der Waals surface area contributed by atoms with E-state index in [0.29, 0.717) is 16.8 Å². The lowest BCUT2D eigenvalue weighted by Gasteiger charge is -2.52. The van der Waals surface area contributed by atoms with Crippen LogP contribution in [0.2, 0.25) is 0 Å². The Kier molecular flexibility index (Phi) is 6.22. The number of phenolic OH excluding ortho intramolecular Hbond substituents is 1. The Balaban J connectivity index is 1.72. The molecule has 3 atom stereocenters. The highest BCUT2D eigenvalue weighted by Crippen LogP contribution is 2.58. The molecule has 40 heavy (non-hydrogen) atoms. The highest BCUT2D eigenvalue weighted by atomic mass is 16.3. The number of hydrogen-bond donors (Lipinski definition) is 6. The van der Waals surface area contributed by atoms with E-state index < -0.39 is 63.8 Å². The van der Waals surface area contributed by atoms with E-state index in [1.54, 1.807) is 55.4 Å². The van der Waals surface area contributed by atoms with Crippen molar-refractivity contribution in [2.24, 2.45) is 17.1 Å².